The zero-order chi connectivity index (χ0) is 12.6. The molecule has 0 bridgehead atoms. The molecule has 2 N–H and O–H groups in total. The zero-order valence-corrected chi connectivity index (χ0v) is 11.1. The Balaban J connectivity index is 1.73. The van der Waals surface area contributed by atoms with Crippen LogP contribution in [0.3, 0.4) is 0 Å². The smallest absolute Gasteiger partial charge is 0.200 e. The van der Waals surface area contributed by atoms with Gasteiger partial charge < -0.3 is 0 Å². The Labute approximate surface area is 108 Å². The van der Waals surface area contributed by atoms with Gasteiger partial charge in [-0.15, -0.1) is 0 Å². The molecule has 0 saturated heterocycles. The maximum atomic E-state index is 11.8. The highest BCUT2D eigenvalue weighted by Crippen LogP contribution is 2.11. The summed E-state index contributed by atoms with van der Waals surface area (Å²) in [6, 6.07) is 19.9. The predicted molar refractivity (Wildman–Crippen MR) is 75.6 cm³/mol. The van der Waals surface area contributed by atoms with E-state index in [9.17, 15) is 4.57 Å². The first-order valence-electron chi connectivity index (χ1n) is 5.94. The minimum absolute atomic E-state index is 0.625. The van der Waals surface area contributed by atoms with Crippen LogP contribution in [0.25, 0.3) is 0 Å². The van der Waals surface area contributed by atoms with Crippen molar-refractivity contribution >= 4 is 8.10 Å². The highest BCUT2D eigenvalue weighted by Gasteiger charge is 1.98. The van der Waals surface area contributed by atoms with Crippen molar-refractivity contribution in [3.63, 3.8) is 0 Å². The normalized spacial score (nSPS) is 10.7. The molecule has 2 rings (SSSR count). The molecular formula is C14H17N2OP. The monoisotopic (exact) mass is 260 g/mol. The Morgan fingerprint density at radius 2 is 1.11 bits per heavy atom. The summed E-state index contributed by atoms with van der Waals surface area (Å²) in [4.78, 5) is 0. The third-order valence-electron chi connectivity index (χ3n) is 2.59. The van der Waals surface area contributed by atoms with Crippen molar-refractivity contribution in [2.24, 2.45) is 0 Å². The van der Waals surface area contributed by atoms with Crippen molar-refractivity contribution in [1.29, 1.82) is 0 Å². The fourth-order valence-corrected chi connectivity index (χ4v) is 2.47. The summed E-state index contributed by atoms with van der Waals surface area (Å²) < 4.78 is 11.8. The number of benzene rings is 2. The Morgan fingerprint density at radius 1 is 0.722 bits per heavy atom. The lowest BCUT2D eigenvalue weighted by Crippen LogP contribution is -2.13. The number of hydrogen-bond donors (Lipinski definition) is 2. The Kier molecular flexibility index (Phi) is 5.15. The molecule has 2 aromatic carbocycles. The van der Waals surface area contributed by atoms with E-state index in [1.54, 1.807) is 0 Å². The second kappa shape index (κ2) is 7.12. The first-order chi connectivity index (χ1) is 8.84. The molecule has 94 valence electrons. The van der Waals surface area contributed by atoms with Gasteiger partial charge in [0.15, 0.2) is 8.10 Å². The van der Waals surface area contributed by atoms with Crippen molar-refractivity contribution in [1.82, 2.24) is 10.2 Å². The van der Waals surface area contributed by atoms with Crippen molar-refractivity contribution in [3.05, 3.63) is 71.8 Å². The molecule has 0 radical (unpaired) electrons. The molecule has 0 atom stereocenters. The Hall–Kier alpha value is -1.41. The maximum Gasteiger partial charge on any atom is 0.200 e. The summed E-state index contributed by atoms with van der Waals surface area (Å²) in [5.41, 5.74) is 2.27. The minimum atomic E-state index is -1.93. The van der Waals surface area contributed by atoms with Gasteiger partial charge in [0.05, 0.1) is 0 Å². The summed E-state index contributed by atoms with van der Waals surface area (Å²) in [7, 11) is -1.93. The molecule has 0 unspecified atom stereocenters. The third-order valence-corrected chi connectivity index (χ3v) is 3.59. The van der Waals surface area contributed by atoms with Crippen LogP contribution in [0.4, 0.5) is 0 Å². The lowest BCUT2D eigenvalue weighted by Gasteiger charge is -2.07. The second-order valence-electron chi connectivity index (χ2n) is 4.01. The van der Waals surface area contributed by atoms with E-state index in [0.29, 0.717) is 13.1 Å². The van der Waals surface area contributed by atoms with E-state index < -0.39 is 8.10 Å². The number of nitrogens with one attached hydrogen (secondary N) is 2. The van der Waals surface area contributed by atoms with Gasteiger partial charge in [0.2, 0.25) is 0 Å². The van der Waals surface area contributed by atoms with E-state index in [1.807, 2.05) is 60.7 Å². The van der Waals surface area contributed by atoms with Gasteiger partial charge >= 0.3 is 0 Å². The van der Waals surface area contributed by atoms with Gasteiger partial charge in [0, 0.05) is 13.1 Å². The molecule has 0 aliphatic heterocycles. The molecular weight excluding hydrogens is 243 g/mol. The molecule has 18 heavy (non-hydrogen) atoms. The average Bonchev–Trinajstić information content (AvgIpc) is 2.45. The van der Waals surface area contributed by atoms with Crippen LogP contribution in [-0.4, -0.2) is 0 Å². The minimum Gasteiger partial charge on any atom is -0.293 e. The zero-order valence-electron chi connectivity index (χ0n) is 10.1. The Morgan fingerprint density at radius 3 is 1.50 bits per heavy atom. The van der Waals surface area contributed by atoms with Crippen molar-refractivity contribution < 1.29 is 4.57 Å². The third kappa shape index (κ3) is 4.46. The van der Waals surface area contributed by atoms with Crippen LogP contribution in [-0.2, 0) is 17.7 Å². The fraction of sp³-hybridized carbons (Fsp3) is 0.143. The van der Waals surface area contributed by atoms with Crippen LogP contribution in [0.15, 0.2) is 60.7 Å². The quantitative estimate of drug-likeness (QED) is 0.785. The molecule has 0 spiro atoms. The van der Waals surface area contributed by atoms with Crippen molar-refractivity contribution in [2.75, 3.05) is 0 Å². The van der Waals surface area contributed by atoms with Gasteiger partial charge in [0.25, 0.3) is 0 Å². The summed E-state index contributed by atoms with van der Waals surface area (Å²) in [6.45, 7) is 1.25. The highest BCUT2D eigenvalue weighted by molar-refractivity contribution is 7.39. The molecule has 0 heterocycles. The topological polar surface area (TPSA) is 41.1 Å². The van der Waals surface area contributed by atoms with E-state index in [0.717, 1.165) is 11.1 Å². The number of hydrogen-bond acceptors (Lipinski definition) is 1. The van der Waals surface area contributed by atoms with E-state index in [4.69, 9.17) is 0 Å². The van der Waals surface area contributed by atoms with Gasteiger partial charge in [-0.3, -0.25) is 14.7 Å². The van der Waals surface area contributed by atoms with Crippen LogP contribution in [0, 0.1) is 0 Å². The average molecular weight is 260 g/mol. The summed E-state index contributed by atoms with van der Waals surface area (Å²) in [6.07, 6.45) is 0. The molecule has 0 aliphatic carbocycles. The standard InChI is InChI=1S/C14H17N2OP/c17-18(15-11-13-7-3-1-4-8-13)16-12-14-9-5-2-6-10-14/h1-10,18H,11-12H2,(H2,15,16,17). The van der Waals surface area contributed by atoms with Gasteiger partial charge in [0.1, 0.15) is 0 Å². The van der Waals surface area contributed by atoms with Gasteiger partial charge in [-0.25, -0.2) is 0 Å². The summed E-state index contributed by atoms with van der Waals surface area (Å²) >= 11 is 0. The first-order valence-corrected chi connectivity index (χ1v) is 7.35. The second-order valence-corrected chi connectivity index (χ2v) is 5.37. The molecule has 0 amide bonds. The highest BCUT2D eigenvalue weighted by atomic mass is 31.1. The molecule has 0 aliphatic rings. The van der Waals surface area contributed by atoms with Crippen LogP contribution < -0.4 is 10.2 Å². The molecule has 0 fully saturated rings. The Bertz CT molecular complexity index is 442. The molecule has 2 aromatic rings. The van der Waals surface area contributed by atoms with E-state index in [-0.39, 0.29) is 0 Å². The van der Waals surface area contributed by atoms with E-state index in [2.05, 4.69) is 10.2 Å². The lowest BCUT2D eigenvalue weighted by atomic mass is 10.2. The van der Waals surface area contributed by atoms with Crippen LogP contribution >= 0.6 is 8.10 Å². The fourth-order valence-electron chi connectivity index (χ4n) is 1.62. The predicted octanol–water partition coefficient (Wildman–Crippen LogP) is 2.96. The van der Waals surface area contributed by atoms with Crippen molar-refractivity contribution in [2.45, 2.75) is 13.1 Å². The van der Waals surface area contributed by atoms with Gasteiger partial charge in [-0.2, -0.15) is 0 Å². The first kappa shape index (κ1) is 13.0. The molecule has 4 heteroatoms. The van der Waals surface area contributed by atoms with Gasteiger partial charge in [-0.1, -0.05) is 60.7 Å². The van der Waals surface area contributed by atoms with Crippen LogP contribution in [0.1, 0.15) is 11.1 Å². The molecule has 0 saturated carbocycles. The molecule has 3 nitrogen and oxygen atoms in total. The van der Waals surface area contributed by atoms with E-state index in [1.165, 1.54) is 0 Å². The number of rotatable bonds is 6. The largest absolute Gasteiger partial charge is 0.293 e. The van der Waals surface area contributed by atoms with Gasteiger partial charge in [-0.05, 0) is 11.1 Å². The lowest BCUT2D eigenvalue weighted by molar-refractivity contribution is 0.569. The van der Waals surface area contributed by atoms with E-state index >= 15 is 0 Å². The van der Waals surface area contributed by atoms with Crippen molar-refractivity contribution in [3.8, 4) is 0 Å². The van der Waals surface area contributed by atoms with Crippen LogP contribution in [0.5, 0.6) is 0 Å². The SMILES string of the molecule is O=[PH](NCc1ccccc1)NCc1ccccc1. The maximum absolute atomic E-state index is 11.8. The molecule has 0 aromatic heterocycles. The van der Waals surface area contributed by atoms with Crippen LogP contribution in [0.2, 0.25) is 0 Å². The summed E-state index contributed by atoms with van der Waals surface area (Å²) in [5.74, 6) is 0. The summed E-state index contributed by atoms with van der Waals surface area (Å²) in [5, 5.41) is 6.01.